The van der Waals surface area contributed by atoms with Gasteiger partial charge in [0.05, 0.1) is 5.69 Å². The first-order valence-electron chi connectivity index (χ1n) is 9.76. The minimum atomic E-state index is -0.989. The van der Waals surface area contributed by atoms with Crippen molar-refractivity contribution in [1.82, 2.24) is 14.7 Å². The zero-order valence-corrected chi connectivity index (χ0v) is 17.5. The Morgan fingerprint density at radius 1 is 1.18 bits per heavy atom. The number of nitrogens with zero attached hydrogens (tertiary/aromatic N) is 3. The van der Waals surface area contributed by atoms with E-state index in [-0.39, 0.29) is 12.3 Å². The molecule has 1 unspecified atom stereocenters. The van der Waals surface area contributed by atoms with E-state index in [0.717, 1.165) is 29.1 Å². The molecule has 0 spiro atoms. The van der Waals surface area contributed by atoms with E-state index in [1.165, 1.54) is 4.90 Å². The van der Waals surface area contributed by atoms with E-state index in [1.807, 2.05) is 48.9 Å². The van der Waals surface area contributed by atoms with Gasteiger partial charge in [-0.25, -0.2) is 4.79 Å². The van der Waals surface area contributed by atoms with E-state index >= 15 is 0 Å². The molecule has 0 aliphatic rings. The zero-order chi connectivity index (χ0) is 20.8. The largest absolute Gasteiger partial charge is 0.480 e. The minimum absolute atomic E-state index is 0.168. The standard InChI is InChI=1S/C22H31N3O3/c1-15(2)14-25-17(4)19(16(3)23-25)11-12-21(26)24(5)20(22(27)28)13-18-9-7-6-8-10-18/h6-10,15,20H,11-14H2,1-5H3,(H,27,28). The van der Waals surface area contributed by atoms with Crippen molar-refractivity contribution in [3.8, 4) is 0 Å². The molecule has 28 heavy (non-hydrogen) atoms. The Morgan fingerprint density at radius 2 is 1.82 bits per heavy atom. The van der Waals surface area contributed by atoms with Crippen LogP contribution in [-0.2, 0) is 29.0 Å². The van der Waals surface area contributed by atoms with Crippen LogP contribution in [0.15, 0.2) is 30.3 Å². The Hall–Kier alpha value is -2.63. The number of amides is 1. The number of hydrogen-bond acceptors (Lipinski definition) is 3. The van der Waals surface area contributed by atoms with E-state index in [4.69, 9.17) is 0 Å². The lowest BCUT2D eigenvalue weighted by atomic mass is 10.0. The van der Waals surface area contributed by atoms with Crippen LogP contribution < -0.4 is 0 Å². The number of likely N-dealkylation sites (N-methyl/N-ethyl adjacent to an activating group) is 1. The monoisotopic (exact) mass is 385 g/mol. The SMILES string of the molecule is Cc1nn(CC(C)C)c(C)c1CCC(=O)N(C)C(Cc1ccccc1)C(=O)O. The fourth-order valence-electron chi connectivity index (χ4n) is 3.43. The van der Waals surface area contributed by atoms with Gasteiger partial charge in [-0.1, -0.05) is 44.2 Å². The van der Waals surface area contributed by atoms with Gasteiger partial charge in [0.15, 0.2) is 0 Å². The number of carboxylic acid groups (broad SMARTS) is 1. The highest BCUT2D eigenvalue weighted by Crippen LogP contribution is 2.18. The molecule has 2 aromatic rings. The molecule has 1 heterocycles. The third kappa shape index (κ3) is 5.44. The van der Waals surface area contributed by atoms with Crippen molar-refractivity contribution in [2.75, 3.05) is 7.05 Å². The molecule has 0 radical (unpaired) electrons. The van der Waals surface area contributed by atoms with Crippen LogP contribution in [0.5, 0.6) is 0 Å². The lowest BCUT2D eigenvalue weighted by Crippen LogP contribution is -2.44. The molecule has 1 aromatic heterocycles. The third-order valence-corrected chi connectivity index (χ3v) is 5.08. The Bertz CT molecular complexity index is 812. The molecule has 1 N–H and O–H groups in total. The van der Waals surface area contributed by atoms with Crippen LogP contribution in [0.4, 0.5) is 0 Å². The highest BCUT2D eigenvalue weighted by Gasteiger charge is 2.27. The van der Waals surface area contributed by atoms with Crippen LogP contribution in [0.2, 0.25) is 0 Å². The summed E-state index contributed by atoms with van der Waals surface area (Å²) in [7, 11) is 1.58. The van der Waals surface area contributed by atoms with Gasteiger partial charge in [0.25, 0.3) is 0 Å². The second-order valence-electron chi connectivity index (χ2n) is 7.77. The topological polar surface area (TPSA) is 75.4 Å². The summed E-state index contributed by atoms with van der Waals surface area (Å²) >= 11 is 0. The molecule has 6 nitrogen and oxygen atoms in total. The molecule has 0 fully saturated rings. The first kappa shape index (κ1) is 21.7. The van der Waals surface area contributed by atoms with Gasteiger partial charge in [0, 0.05) is 32.1 Å². The van der Waals surface area contributed by atoms with Gasteiger partial charge < -0.3 is 10.0 Å². The van der Waals surface area contributed by atoms with E-state index in [1.54, 1.807) is 7.05 Å². The summed E-state index contributed by atoms with van der Waals surface area (Å²) in [5.74, 6) is -0.663. The molecule has 152 valence electrons. The first-order valence-corrected chi connectivity index (χ1v) is 9.76. The Balaban J connectivity index is 2.05. The van der Waals surface area contributed by atoms with Crippen molar-refractivity contribution >= 4 is 11.9 Å². The Kier molecular flexibility index (Phi) is 7.38. The van der Waals surface area contributed by atoms with Crippen LogP contribution in [0, 0.1) is 19.8 Å². The van der Waals surface area contributed by atoms with Crippen molar-refractivity contribution in [3.05, 3.63) is 52.8 Å². The lowest BCUT2D eigenvalue weighted by Gasteiger charge is -2.25. The van der Waals surface area contributed by atoms with Crippen molar-refractivity contribution in [2.45, 2.75) is 59.5 Å². The summed E-state index contributed by atoms with van der Waals surface area (Å²) in [6.45, 7) is 9.13. The van der Waals surface area contributed by atoms with Gasteiger partial charge in [0.2, 0.25) is 5.91 Å². The van der Waals surface area contributed by atoms with Crippen LogP contribution >= 0.6 is 0 Å². The summed E-state index contributed by atoms with van der Waals surface area (Å²) in [4.78, 5) is 25.8. The number of benzene rings is 1. The molecule has 0 saturated carbocycles. The fourth-order valence-corrected chi connectivity index (χ4v) is 3.43. The molecule has 6 heteroatoms. The molecule has 0 aliphatic carbocycles. The maximum absolute atomic E-state index is 12.7. The second-order valence-corrected chi connectivity index (χ2v) is 7.77. The van der Waals surface area contributed by atoms with Gasteiger partial charge in [0.1, 0.15) is 6.04 Å². The summed E-state index contributed by atoms with van der Waals surface area (Å²) in [5.41, 5.74) is 4.00. The molecule has 0 saturated heterocycles. The van der Waals surface area contributed by atoms with Crippen LogP contribution in [0.25, 0.3) is 0 Å². The normalized spacial score (nSPS) is 12.2. The maximum Gasteiger partial charge on any atom is 0.326 e. The number of carbonyl (C=O) groups excluding carboxylic acids is 1. The predicted molar refractivity (Wildman–Crippen MR) is 109 cm³/mol. The van der Waals surface area contributed by atoms with E-state index in [0.29, 0.717) is 18.8 Å². The molecular formula is C22H31N3O3. The number of aryl methyl sites for hydroxylation is 1. The lowest BCUT2D eigenvalue weighted by molar-refractivity contribution is -0.149. The molecule has 0 bridgehead atoms. The van der Waals surface area contributed by atoms with Crippen LogP contribution in [0.1, 0.15) is 42.8 Å². The van der Waals surface area contributed by atoms with Gasteiger partial charge in [-0.15, -0.1) is 0 Å². The smallest absolute Gasteiger partial charge is 0.326 e. The summed E-state index contributed by atoms with van der Waals surface area (Å²) in [6.07, 6.45) is 1.13. The van der Waals surface area contributed by atoms with Crippen molar-refractivity contribution in [2.24, 2.45) is 5.92 Å². The van der Waals surface area contributed by atoms with Crippen molar-refractivity contribution in [3.63, 3.8) is 0 Å². The highest BCUT2D eigenvalue weighted by atomic mass is 16.4. The van der Waals surface area contributed by atoms with Gasteiger partial charge in [-0.05, 0) is 37.3 Å². The summed E-state index contributed by atoms with van der Waals surface area (Å²) in [6, 6.07) is 8.51. The fraction of sp³-hybridized carbons (Fsp3) is 0.500. The number of aliphatic carboxylic acids is 1. The maximum atomic E-state index is 12.7. The van der Waals surface area contributed by atoms with Gasteiger partial charge >= 0.3 is 5.97 Å². The quantitative estimate of drug-likeness (QED) is 0.719. The van der Waals surface area contributed by atoms with E-state index in [2.05, 4.69) is 18.9 Å². The summed E-state index contributed by atoms with van der Waals surface area (Å²) < 4.78 is 2.00. The number of carbonyl (C=O) groups is 2. The van der Waals surface area contributed by atoms with E-state index in [9.17, 15) is 14.7 Å². The third-order valence-electron chi connectivity index (χ3n) is 5.08. The predicted octanol–water partition coefficient (Wildman–Crippen LogP) is 3.24. The average Bonchev–Trinajstić information content (AvgIpc) is 2.90. The molecule has 1 amide bonds. The highest BCUT2D eigenvalue weighted by molar-refractivity contribution is 5.83. The Labute approximate surface area is 167 Å². The van der Waals surface area contributed by atoms with Gasteiger partial charge in [-0.2, -0.15) is 5.10 Å². The second kappa shape index (κ2) is 9.53. The number of hydrogen-bond donors (Lipinski definition) is 1. The number of rotatable bonds is 9. The zero-order valence-electron chi connectivity index (χ0n) is 17.5. The summed E-state index contributed by atoms with van der Waals surface area (Å²) in [5, 5.41) is 14.2. The Morgan fingerprint density at radius 3 is 2.39 bits per heavy atom. The number of aromatic nitrogens is 2. The van der Waals surface area contributed by atoms with Gasteiger partial charge in [-0.3, -0.25) is 9.48 Å². The van der Waals surface area contributed by atoms with Crippen molar-refractivity contribution in [1.29, 1.82) is 0 Å². The van der Waals surface area contributed by atoms with Crippen LogP contribution in [-0.4, -0.2) is 44.8 Å². The molecule has 1 atom stereocenters. The molecule has 1 aromatic carbocycles. The number of carboxylic acids is 1. The van der Waals surface area contributed by atoms with Crippen LogP contribution in [0.3, 0.4) is 0 Å². The molecular weight excluding hydrogens is 354 g/mol. The molecule has 2 rings (SSSR count). The molecule has 0 aliphatic heterocycles. The van der Waals surface area contributed by atoms with Crippen molar-refractivity contribution < 1.29 is 14.7 Å². The average molecular weight is 386 g/mol. The first-order chi connectivity index (χ1) is 13.2. The van der Waals surface area contributed by atoms with E-state index < -0.39 is 12.0 Å². The minimum Gasteiger partial charge on any atom is -0.480 e.